The van der Waals surface area contributed by atoms with Crippen molar-refractivity contribution < 1.29 is 17.9 Å². The minimum atomic E-state index is -4.16. The van der Waals surface area contributed by atoms with E-state index in [0.29, 0.717) is 18.4 Å². The molecule has 0 amide bonds. The summed E-state index contributed by atoms with van der Waals surface area (Å²) >= 11 is 0. The second kappa shape index (κ2) is 10.7. The van der Waals surface area contributed by atoms with Crippen LogP contribution >= 0.6 is 24.0 Å². The third-order valence-electron chi connectivity index (χ3n) is 4.19. The summed E-state index contributed by atoms with van der Waals surface area (Å²) in [6, 6.07) is 7.89. The Labute approximate surface area is 169 Å². The first-order valence-electron chi connectivity index (χ1n) is 8.32. The van der Waals surface area contributed by atoms with E-state index in [1.165, 1.54) is 0 Å². The van der Waals surface area contributed by atoms with Crippen LogP contribution in [0.2, 0.25) is 0 Å². The normalized spacial score (nSPS) is 17.7. The molecule has 1 heterocycles. The summed E-state index contributed by atoms with van der Waals surface area (Å²) in [6.07, 6.45) is -4.03. The SMILES string of the molecule is CN=C(NCCC(F)(F)F)NCC1CCN(c2ccccc2OC)C1.I. The van der Waals surface area contributed by atoms with E-state index in [9.17, 15) is 13.2 Å². The van der Waals surface area contributed by atoms with Crippen molar-refractivity contribution in [3.63, 3.8) is 0 Å². The molecule has 1 atom stereocenters. The van der Waals surface area contributed by atoms with Gasteiger partial charge in [-0.1, -0.05) is 12.1 Å². The van der Waals surface area contributed by atoms with Crippen molar-refractivity contribution in [3.8, 4) is 5.75 Å². The molecule has 1 aliphatic heterocycles. The smallest absolute Gasteiger partial charge is 0.390 e. The van der Waals surface area contributed by atoms with E-state index in [4.69, 9.17) is 4.74 Å². The molecule has 0 aromatic heterocycles. The fraction of sp³-hybridized carbons (Fsp3) is 0.588. The van der Waals surface area contributed by atoms with E-state index >= 15 is 0 Å². The van der Waals surface area contributed by atoms with Gasteiger partial charge in [-0.15, -0.1) is 24.0 Å². The van der Waals surface area contributed by atoms with Crippen LogP contribution in [0.3, 0.4) is 0 Å². The van der Waals surface area contributed by atoms with Crippen molar-refractivity contribution in [2.24, 2.45) is 10.9 Å². The van der Waals surface area contributed by atoms with Gasteiger partial charge in [-0.2, -0.15) is 13.2 Å². The topological polar surface area (TPSA) is 48.9 Å². The second-order valence-electron chi connectivity index (χ2n) is 6.02. The number of methoxy groups -OCH3 is 1. The molecule has 0 spiro atoms. The number of anilines is 1. The largest absolute Gasteiger partial charge is 0.495 e. The summed E-state index contributed by atoms with van der Waals surface area (Å²) in [6.45, 7) is 2.28. The van der Waals surface area contributed by atoms with Gasteiger partial charge in [0, 0.05) is 33.2 Å². The number of hydrogen-bond acceptors (Lipinski definition) is 3. The number of ether oxygens (including phenoxy) is 1. The fourth-order valence-electron chi connectivity index (χ4n) is 2.89. The summed E-state index contributed by atoms with van der Waals surface area (Å²) in [5.41, 5.74) is 1.07. The lowest BCUT2D eigenvalue weighted by Gasteiger charge is -2.21. The monoisotopic (exact) mass is 486 g/mol. The molecular formula is C17H26F3IN4O. The summed E-state index contributed by atoms with van der Waals surface area (Å²) in [5.74, 6) is 1.65. The Morgan fingerprint density at radius 1 is 1.31 bits per heavy atom. The molecule has 1 unspecified atom stereocenters. The Balaban J connectivity index is 0.00000338. The van der Waals surface area contributed by atoms with Crippen LogP contribution in [0.4, 0.5) is 18.9 Å². The highest BCUT2D eigenvalue weighted by atomic mass is 127. The van der Waals surface area contributed by atoms with E-state index in [1.54, 1.807) is 14.2 Å². The number of alkyl halides is 3. The number of rotatable bonds is 6. The molecule has 1 aliphatic rings. The van der Waals surface area contributed by atoms with E-state index in [1.807, 2.05) is 24.3 Å². The summed E-state index contributed by atoms with van der Waals surface area (Å²) in [5, 5.41) is 5.81. The molecule has 5 nitrogen and oxygen atoms in total. The molecule has 26 heavy (non-hydrogen) atoms. The average Bonchev–Trinajstić information content (AvgIpc) is 3.05. The molecule has 0 aliphatic carbocycles. The predicted octanol–water partition coefficient (Wildman–Crippen LogP) is 3.26. The Kier molecular flexibility index (Phi) is 9.31. The number of nitrogens with one attached hydrogen (secondary N) is 2. The highest BCUT2D eigenvalue weighted by Crippen LogP contribution is 2.31. The van der Waals surface area contributed by atoms with E-state index < -0.39 is 12.6 Å². The molecule has 2 rings (SSSR count). The minimum Gasteiger partial charge on any atom is -0.495 e. The van der Waals surface area contributed by atoms with E-state index in [0.717, 1.165) is 30.9 Å². The quantitative estimate of drug-likeness (QED) is 0.369. The first-order valence-corrected chi connectivity index (χ1v) is 8.32. The average molecular weight is 486 g/mol. The minimum absolute atomic E-state index is 0. The Morgan fingerprint density at radius 2 is 2.04 bits per heavy atom. The molecule has 148 valence electrons. The molecule has 2 N–H and O–H groups in total. The summed E-state index contributed by atoms with van der Waals surface area (Å²) in [4.78, 5) is 6.24. The van der Waals surface area contributed by atoms with Gasteiger partial charge in [0.15, 0.2) is 5.96 Å². The lowest BCUT2D eigenvalue weighted by Crippen LogP contribution is -2.41. The first kappa shape index (κ1) is 22.7. The van der Waals surface area contributed by atoms with Gasteiger partial charge in [0.1, 0.15) is 5.75 Å². The molecule has 1 aromatic rings. The van der Waals surface area contributed by atoms with Crippen LogP contribution in [-0.2, 0) is 0 Å². The summed E-state index contributed by atoms with van der Waals surface area (Å²) in [7, 11) is 3.21. The second-order valence-corrected chi connectivity index (χ2v) is 6.02. The molecule has 0 saturated carbocycles. The molecule has 0 radical (unpaired) electrons. The zero-order valence-corrected chi connectivity index (χ0v) is 17.3. The number of aliphatic imine (C=N–C) groups is 1. The summed E-state index contributed by atoms with van der Waals surface area (Å²) < 4.78 is 42.0. The van der Waals surface area contributed by atoms with E-state index in [2.05, 4.69) is 20.5 Å². The van der Waals surface area contributed by atoms with Gasteiger partial charge in [-0.05, 0) is 24.5 Å². The standard InChI is InChI=1S/C17H25F3N4O.HI/c1-21-16(22-9-8-17(18,19)20)23-11-13-7-10-24(12-13)14-5-3-4-6-15(14)25-2;/h3-6,13H,7-12H2,1-2H3,(H2,21,22,23);1H. The maximum absolute atomic E-state index is 12.2. The predicted molar refractivity (Wildman–Crippen MR) is 109 cm³/mol. The number of guanidine groups is 1. The van der Waals surface area contributed by atoms with Crippen LogP contribution in [0.15, 0.2) is 29.3 Å². The number of nitrogens with zero attached hydrogens (tertiary/aromatic N) is 2. The highest BCUT2D eigenvalue weighted by molar-refractivity contribution is 14.0. The zero-order chi connectivity index (χ0) is 18.3. The van der Waals surface area contributed by atoms with Gasteiger partial charge in [0.05, 0.1) is 19.2 Å². The molecule has 1 fully saturated rings. The van der Waals surface area contributed by atoms with Crippen LogP contribution in [0, 0.1) is 5.92 Å². The fourth-order valence-corrected chi connectivity index (χ4v) is 2.89. The van der Waals surface area contributed by atoms with Crippen LogP contribution < -0.4 is 20.3 Å². The van der Waals surface area contributed by atoms with Crippen molar-refractivity contribution in [2.45, 2.75) is 19.0 Å². The number of halogens is 4. The van der Waals surface area contributed by atoms with Gasteiger partial charge < -0.3 is 20.3 Å². The van der Waals surface area contributed by atoms with Crippen LogP contribution in [0.25, 0.3) is 0 Å². The van der Waals surface area contributed by atoms with Crippen molar-refractivity contribution >= 4 is 35.6 Å². The number of hydrogen-bond donors (Lipinski definition) is 2. The maximum atomic E-state index is 12.2. The number of para-hydroxylation sites is 2. The Hall–Kier alpha value is -1.39. The van der Waals surface area contributed by atoms with Gasteiger partial charge in [-0.3, -0.25) is 4.99 Å². The zero-order valence-electron chi connectivity index (χ0n) is 15.0. The van der Waals surface area contributed by atoms with Crippen molar-refractivity contribution in [1.82, 2.24) is 10.6 Å². The van der Waals surface area contributed by atoms with Gasteiger partial charge in [-0.25, -0.2) is 0 Å². The molecule has 1 aromatic carbocycles. The van der Waals surface area contributed by atoms with Crippen molar-refractivity contribution in [3.05, 3.63) is 24.3 Å². The van der Waals surface area contributed by atoms with Gasteiger partial charge in [0.25, 0.3) is 0 Å². The molecular weight excluding hydrogens is 460 g/mol. The third kappa shape index (κ3) is 7.08. The Bertz CT molecular complexity index is 583. The van der Waals surface area contributed by atoms with Crippen LogP contribution in [-0.4, -0.2) is 52.5 Å². The number of benzene rings is 1. The lowest BCUT2D eigenvalue weighted by molar-refractivity contribution is -0.132. The van der Waals surface area contributed by atoms with E-state index in [-0.39, 0.29) is 30.5 Å². The first-order chi connectivity index (χ1) is 11.9. The van der Waals surface area contributed by atoms with Crippen LogP contribution in [0.1, 0.15) is 12.8 Å². The van der Waals surface area contributed by atoms with Crippen molar-refractivity contribution in [1.29, 1.82) is 0 Å². The lowest BCUT2D eigenvalue weighted by atomic mass is 10.1. The molecule has 0 bridgehead atoms. The maximum Gasteiger partial charge on any atom is 0.390 e. The molecule has 9 heteroatoms. The Morgan fingerprint density at radius 3 is 2.69 bits per heavy atom. The van der Waals surface area contributed by atoms with Gasteiger partial charge >= 0.3 is 6.18 Å². The molecule has 1 saturated heterocycles. The van der Waals surface area contributed by atoms with Crippen molar-refractivity contribution in [2.75, 3.05) is 45.2 Å². The van der Waals surface area contributed by atoms with Crippen LogP contribution in [0.5, 0.6) is 5.75 Å². The van der Waals surface area contributed by atoms with Gasteiger partial charge in [0.2, 0.25) is 0 Å². The third-order valence-corrected chi connectivity index (χ3v) is 4.19. The highest BCUT2D eigenvalue weighted by Gasteiger charge is 2.27.